The predicted molar refractivity (Wildman–Crippen MR) is 98.8 cm³/mol. The van der Waals surface area contributed by atoms with E-state index in [1.807, 2.05) is 37.3 Å². The van der Waals surface area contributed by atoms with Crippen molar-refractivity contribution in [2.75, 3.05) is 13.1 Å². The van der Waals surface area contributed by atoms with Gasteiger partial charge in [-0.25, -0.2) is 8.42 Å². The van der Waals surface area contributed by atoms with E-state index in [-0.39, 0.29) is 18.0 Å². The van der Waals surface area contributed by atoms with Gasteiger partial charge in [0.2, 0.25) is 10.0 Å². The number of aliphatic hydroxyl groups is 1. The van der Waals surface area contributed by atoms with Gasteiger partial charge in [0.1, 0.15) is 12.2 Å². The van der Waals surface area contributed by atoms with Crippen molar-refractivity contribution in [2.24, 2.45) is 0 Å². The second-order valence-corrected chi connectivity index (χ2v) is 8.27. The molecule has 1 aliphatic rings. The molecule has 26 heavy (non-hydrogen) atoms. The maximum Gasteiger partial charge on any atom is 0.243 e. The molecule has 1 N–H and O–H groups in total. The van der Waals surface area contributed by atoms with Gasteiger partial charge in [-0.2, -0.15) is 4.31 Å². The minimum atomic E-state index is -3.69. The Hall–Kier alpha value is -2.17. The Balaban J connectivity index is 1.75. The first-order chi connectivity index (χ1) is 12.4. The van der Waals surface area contributed by atoms with Crippen molar-refractivity contribution >= 4 is 10.0 Å². The van der Waals surface area contributed by atoms with E-state index >= 15 is 0 Å². The molecular formula is C20H21NO4S. The summed E-state index contributed by atoms with van der Waals surface area (Å²) in [6.07, 6.45) is 3.31. The molecule has 3 atom stereocenters. The van der Waals surface area contributed by atoms with E-state index in [9.17, 15) is 13.5 Å². The van der Waals surface area contributed by atoms with Crippen molar-refractivity contribution in [3.8, 4) is 12.3 Å². The molecule has 0 aliphatic carbocycles. The second-order valence-electron chi connectivity index (χ2n) is 6.33. The van der Waals surface area contributed by atoms with Gasteiger partial charge >= 0.3 is 0 Å². The summed E-state index contributed by atoms with van der Waals surface area (Å²) >= 11 is 0. The summed E-state index contributed by atoms with van der Waals surface area (Å²) < 4.78 is 32.7. The lowest BCUT2D eigenvalue weighted by atomic mass is 10.1. The van der Waals surface area contributed by atoms with Crippen molar-refractivity contribution in [3.63, 3.8) is 0 Å². The lowest BCUT2D eigenvalue weighted by molar-refractivity contribution is -0.0330. The number of sulfonamides is 1. The maximum absolute atomic E-state index is 12.8. The fourth-order valence-corrected chi connectivity index (χ4v) is 4.40. The van der Waals surface area contributed by atoms with Crippen LogP contribution in [-0.2, 0) is 14.8 Å². The van der Waals surface area contributed by atoms with E-state index in [2.05, 4.69) is 5.92 Å². The van der Waals surface area contributed by atoms with E-state index in [1.165, 1.54) is 4.31 Å². The number of aliphatic hydroxyl groups excluding tert-OH is 1. The van der Waals surface area contributed by atoms with Gasteiger partial charge in [0.25, 0.3) is 0 Å². The summed E-state index contributed by atoms with van der Waals surface area (Å²) in [6, 6.07) is 15.9. The third-order valence-electron chi connectivity index (χ3n) is 4.43. The number of aryl methyl sites for hydroxylation is 1. The number of terminal acetylenes is 1. The maximum atomic E-state index is 12.8. The van der Waals surface area contributed by atoms with Crippen molar-refractivity contribution < 1.29 is 18.3 Å². The molecule has 0 aromatic heterocycles. The molecule has 136 valence electrons. The van der Waals surface area contributed by atoms with Gasteiger partial charge in [-0.15, -0.1) is 6.42 Å². The van der Waals surface area contributed by atoms with Crippen LogP contribution < -0.4 is 0 Å². The second kappa shape index (κ2) is 7.60. The van der Waals surface area contributed by atoms with Gasteiger partial charge in [0.05, 0.1) is 11.0 Å². The molecule has 0 spiro atoms. The fraction of sp³-hybridized carbons (Fsp3) is 0.300. The number of rotatable bonds is 5. The summed E-state index contributed by atoms with van der Waals surface area (Å²) in [5.74, 6) is 2.56. The smallest absolute Gasteiger partial charge is 0.243 e. The number of benzene rings is 2. The Morgan fingerprint density at radius 3 is 2.42 bits per heavy atom. The number of ether oxygens (including phenoxy) is 1. The topological polar surface area (TPSA) is 66.8 Å². The highest BCUT2D eigenvalue weighted by molar-refractivity contribution is 7.89. The highest BCUT2D eigenvalue weighted by Gasteiger charge is 2.40. The van der Waals surface area contributed by atoms with Crippen molar-refractivity contribution in [2.45, 2.75) is 30.1 Å². The van der Waals surface area contributed by atoms with Gasteiger partial charge < -0.3 is 9.84 Å². The van der Waals surface area contributed by atoms with Crippen LogP contribution in [0.4, 0.5) is 0 Å². The molecule has 1 aliphatic heterocycles. The zero-order valence-electron chi connectivity index (χ0n) is 14.4. The van der Waals surface area contributed by atoms with E-state index in [1.54, 1.807) is 24.3 Å². The summed E-state index contributed by atoms with van der Waals surface area (Å²) in [4.78, 5) is 0.201. The Labute approximate surface area is 154 Å². The molecular weight excluding hydrogens is 350 g/mol. The normalized spacial score (nSPS) is 22.0. The zero-order valence-corrected chi connectivity index (χ0v) is 15.3. The summed E-state index contributed by atoms with van der Waals surface area (Å²) in [5, 5.41) is 10.3. The highest BCUT2D eigenvalue weighted by atomic mass is 32.2. The number of hydrogen-bond acceptors (Lipinski definition) is 4. The van der Waals surface area contributed by atoms with Crippen LogP contribution in [-0.4, -0.2) is 43.1 Å². The Kier molecular flexibility index (Phi) is 5.44. The number of hydrogen-bond donors (Lipinski definition) is 1. The van der Waals surface area contributed by atoms with Crippen molar-refractivity contribution in [3.05, 3.63) is 65.7 Å². The standard InChI is InChI=1S/C20H21NO4S/c1-3-19(16-7-5-4-6-8-16)25-20-14-21(13-18(20)22)26(23,24)17-11-9-15(2)10-12-17/h1,4-12,18-20,22H,13-14H2,2H3/t18-,19-,20+/m1/s1. The van der Waals surface area contributed by atoms with Gasteiger partial charge in [-0.1, -0.05) is 53.9 Å². The van der Waals surface area contributed by atoms with Crippen LogP contribution in [0.3, 0.4) is 0 Å². The Morgan fingerprint density at radius 1 is 1.15 bits per heavy atom. The summed E-state index contributed by atoms with van der Waals surface area (Å²) in [5.41, 5.74) is 1.77. The fourth-order valence-electron chi connectivity index (χ4n) is 2.93. The molecule has 0 bridgehead atoms. The monoisotopic (exact) mass is 371 g/mol. The molecule has 0 unspecified atom stereocenters. The van der Waals surface area contributed by atoms with Gasteiger partial charge in [-0.3, -0.25) is 0 Å². The average Bonchev–Trinajstić information content (AvgIpc) is 3.02. The molecule has 6 heteroatoms. The molecule has 0 radical (unpaired) electrons. The van der Waals surface area contributed by atoms with Gasteiger partial charge in [0.15, 0.2) is 0 Å². The SMILES string of the molecule is C#C[C@@H](O[C@H]1CN(S(=O)(=O)c2ccc(C)cc2)C[C@H]1O)c1ccccc1. The van der Waals surface area contributed by atoms with Crippen LogP contribution in [0, 0.1) is 19.3 Å². The number of β-amino-alcohol motifs (C(OH)–C–C–N with tert-alkyl or cyclic N) is 1. The lowest BCUT2D eigenvalue weighted by Gasteiger charge is -2.20. The highest BCUT2D eigenvalue weighted by Crippen LogP contribution is 2.27. The third-order valence-corrected chi connectivity index (χ3v) is 6.27. The van der Waals surface area contributed by atoms with E-state index in [0.717, 1.165) is 11.1 Å². The Morgan fingerprint density at radius 2 is 1.81 bits per heavy atom. The quantitative estimate of drug-likeness (QED) is 0.818. The van der Waals surface area contributed by atoms with Crippen LogP contribution in [0.2, 0.25) is 0 Å². The molecule has 1 saturated heterocycles. The lowest BCUT2D eigenvalue weighted by Crippen LogP contribution is -2.30. The molecule has 1 heterocycles. The predicted octanol–water partition coefficient (Wildman–Crippen LogP) is 2.12. The van der Waals surface area contributed by atoms with E-state index in [0.29, 0.717) is 0 Å². The van der Waals surface area contributed by atoms with Crippen LogP contribution in [0.15, 0.2) is 59.5 Å². The minimum absolute atomic E-state index is 0.0209. The van der Waals surface area contributed by atoms with Crippen molar-refractivity contribution in [1.29, 1.82) is 0 Å². The molecule has 0 amide bonds. The molecule has 2 aromatic rings. The van der Waals surface area contributed by atoms with Gasteiger partial charge in [0, 0.05) is 13.1 Å². The summed E-state index contributed by atoms with van der Waals surface area (Å²) in [7, 11) is -3.69. The first kappa shape index (κ1) is 18.6. The first-order valence-electron chi connectivity index (χ1n) is 8.33. The van der Waals surface area contributed by atoms with Gasteiger partial charge in [-0.05, 0) is 24.6 Å². The van der Waals surface area contributed by atoms with Crippen molar-refractivity contribution in [1.82, 2.24) is 4.31 Å². The van der Waals surface area contributed by atoms with E-state index in [4.69, 9.17) is 11.2 Å². The number of nitrogens with zero attached hydrogens (tertiary/aromatic N) is 1. The molecule has 0 saturated carbocycles. The van der Waals surface area contributed by atoms with Crippen LogP contribution >= 0.6 is 0 Å². The van der Waals surface area contributed by atoms with Crippen LogP contribution in [0.1, 0.15) is 17.2 Å². The zero-order chi connectivity index (χ0) is 18.7. The largest absolute Gasteiger partial charge is 0.389 e. The minimum Gasteiger partial charge on any atom is -0.389 e. The molecule has 5 nitrogen and oxygen atoms in total. The molecule has 2 aromatic carbocycles. The Bertz CT molecular complexity index is 888. The molecule has 1 fully saturated rings. The third kappa shape index (κ3) is 3.81. The molecule has 3 rings (SSSR count). The summed E-state index contributed by atoms with van der Waals surface area (Å²) in [6.45, 7) is 1.93. The first-order valence-corrected chi connectivity index (χ1v) is 9.77. The van der Waals surface area contributed by atoms with E-state index < -0.39 is 28.3 Å². The van der Waals surface area contributed by atoms with Crippen LogP contribution in [0.5, 0.6) is 0 Å². The van der Waals surface area contributed by atoms with Crippen LogP contribution in [0.25, 0.3) is 0 Å². The average molecular weight is 371 g/mol.